The molecule has 0 radical (unpaired) electrons. The minimum absolute atomic E-state index is 0.103. The minimum atomic E-state index is -4.80. The molecule has 1 amide bonds. The number of carbonyl (C=O) groups excluding carboxylic acids is 2. The highest BCUT2D eigenvalue weighted by atomic mass is 19.4. The zero-order chi connectivity index (χ0) is 27.1. The summed E-state index contributed by atoms with van der Waals surface area (Å²) in [5, 5.41) is 6.00. The Bertz CT molecular complexity index is 1240. The number of pyridine rings is 1. The summed E-state index contributed by atoms with van der Waals surface area (Å²) in [5.74, 6) is -0.179. The first-order valence-electron chi connectivity index (χ1n) is 12.3. The van der Waals surface area contributed by atoms with Crippen LogP contribution in [0, 0.1) is 5.92 Å². The molecular formula is C28H29F3N4O3. The molecule has 0 atom stereocenters. The summed E-state index contributed by atoms with van der Waals surface area (Å²) in [7, 11) is 1.46. The first kappa shape index (κ1) is 27.0. The van der Waals surface area contributed by atoms with Crippen LogP contribution in [-0.2, 0) is 11.0 Å². The molecule has 1 fully saturated rings. The molecule has 2 N–H and O–H groups in total. The van der Waals surface area contributed by atoms with Crippen LogP contribution in [0.15, 0.2) is 67.0 Å². The molecule has 0 unspecified atom stereocenters. The van der Waals surface area contributed by atoms with Crippen molar-refractivity contribution in [1.29, 1.82) is 0 Å². The average molecular weight is 527 g/mol. The molecule has 1 aromatic heterocycles. The van der Waals surface area contributed by atoms with E-state index < -0.39 is 23.1 Å². The van der Waals surface area contributed by atoms with Gasteiger partial charge in [-0.15, -0.1) is 0 Å². The van der Waals surface area contributed by atoms with E-state index in [0.717, 1.165) is 31.1 Å². The minimum Gasteiger partial charge on any atom is -0.497 e. The number of carbonyl (C=O) groups is 2. The van der Waals surface area contributed by atoms with Gasteiger partial charge in [-0.25, -0.2) is 0 Å². The number of ketones is 1. The van der Waals surface area contributed by atoms with Gasteiger partial charge in [0.1, 0.15) is 5.75 Å². The number of alkyl halides is 3. The van der Waals surface area contributed by atoms with Gasteiger partial charge in [-0.05, 0) is 61.2 Å². The van der Waals surface area contributed by atoms with E-state index in [1.165, 1.54) is 43.5 Å². The lowest BCUT2D eigenvalue weighted by Crippen LogP contribution is -2.42. The third kappa shape index (κ3) is 6.62. The summed E-state index contributed by atoms with van der Waals surface area (Å²) >= 11 is 0. The maximum absolute atomic E-state index is 14.1. The Balaban J connectivity index is 1.38. The Morgan fingerprint density at radius 2 is 1.68 bits per heavy atom. The molecular weight excluding hydrogens is 497 g/mol. The van der Waals surface area contributed by atoms with Crippen LogP contribution < -0.4 is 15.4 Å². The number of halogens is 3. The number of hydrogen-bond acceptors (Lipinski definition) is 6. The molecule has 2 aromatic carbocycles. The van der Waals surface area contributed by atoms with Crippen LogP contribution >= 0.6 is 0 Å². The first-order valence-corrected chi connectivity index (χ1v) is 12.3. The normalized spacial score (nSPS) is 14.2. The predicted octanol–water partition coefficient (Wildman–Crippen LogP) is 5.10. The molecule has 2 heterocycles. The number of benzene rings is 2. The first-order chi connectivity index (χ1) is 18.3. The molecule has 0 bridgehead atoms. The van der Waals surface area contributed by atoms with Crippen molar-refractivity contribution in [1.82, 2.24) is 9.88 Å². The second-order valence-corrected chi connectivity index (χ2v) is 9.08. The van der Waals surface area contributed by atoms with Crippen molar-refractivity contribution in [2.45, 2.75) is 19.0 Å². The summed E-state index contributed by atoms with van der Waals surface area (Å²) in [4.78, 5) is 31.4. The van der Waals surface area contributed by atoms with E-state index in [2.05, 4.69) is 15.6 Å². The van der Waals surface area contributed by atoms with E-state index in [1.807, 2.05) is 12.1 Å². The van der Waals surface area contributed by atoms with E-state index in [9.17, 15) is 22.8 Å². The molecule has 10 heteroatoms. The Morgan fingerprint density at radius 1 is 1.00 bits per heavy atom. The fourth-order valence-corrected chi connectivity index (χ4v) is 4.49. The maximum atomic E-state index is 14.1. The molecule has 0 aliphatic carbocycles. The van der Waals surface area contributed by atoms with Crippen LogP contribution in [0.2, 0.25) is 0 Å². The molecule has 3 aromatic rings. The molecule has 200 valence electrons. The molecule has 38 heavy (non-hydrogen) atoms. The fourth-order valence-electron chi connectivity index (χ4n) is 4.49. The number of methoxy groups -OCH3 is 1. The Kier molecular flexibility index (Phi) is 8.50. The van der Waals surface area contributed by atoms with E-state index in [4.69, 9.17) is 4.74 Å². The van der Waals surface area contributed by atoms with Crippen molar-refractivity contribution in [2.75, 3.05) is 43.9 Å². The monoisotopic (exact) mass is 526 g/mol. The van der Waals surface area contributed by atoms with E-state index >= 15 is 0 Å². The highest BCUT2D eigenvalue weighted by Gasteiger charge is 2.38. The quantitative estimate of drug-likeness (QED) is 0.378. The van der Waals surface area contributed by atoms with Crippen molar-refractivity contribution in [3.05, 3.63) is 83.7 Å². The highest BCUT2D eigenvalue weighted by molar-refractivity contribution is 6.10. The highest BCUT2D eigenvalue weighted by Crippen LogP contribution is 2.38. The number of aromatic nitrogens is 1. The zero-order valence-electron chi connectivity index (χ0n) is 20.9. The average Bonchev–Trinajstić information content (AvgIpc) is 2.94. The predicted molar refractivity (Wildman–Crippen MR) is 138 cm³/mol. The fraction of sp³-hybridized carbons (Fsp3) is 0.321. The molecule has 1 saturated heterocycles. The van der Waals surface area contributed by atoms with Crippen LogP contribution in [0.25, 0.3) is 0 Å². The van der Waals surface area contributed by atoms with Gasteiger partial charge in [0, 0.05) is 54.5 Å². The molecule has 4 rings (SSSR count). The third-order valence-electron chi connectivity index (χ3n) is 6.62. The summed E-state index contributed by atoms with van der Waals surface area (Å²) in [5.41, 5.74) is -0.791. The summed E-state index contributed by atoms with van der Waals surface area (Å²) in [6.45, 7) is 1.54. The van der Waals surface area contributed by atoms with Gasteiger partial charge < -0.3 is 20.3 Å². The van der Waals surface area contributed by atoms with Gasteiger partial charge >= 0.3 is 6.18 Å². The second kappa shape index (κ2) is 12.0. The number of likely N-dealkylation sites (tertiary alicyclic amines) is 1. The number of rotatable bonds is 9. The molecule has 0 spiro atoms. The van der Waals surface area contributed by atoms with Crippen LogP contribution in [-0.4, -0.2) is 54.9 Å². The van der Waals surface area contributed by atoms with E-state index in [1.54, 1.807) is 17.3 Å². The van der Waals surface area contributed by atoms with Crippen molar-refractivity contribution < 1.29 is 27.5 Å². The van der Waals surface area contributed by atoms with Gasteiger partial charge in [0.2, 0.25) is 5.91 Å². The third-order valence-corrected chi connectivity index (χ3v) is 6.62. The van der Waals surface area contributed by atoms with Gasteiger partial charge in [0.25, 0.3) is 0 Å². The van der Waals surface area contributed by atoms with Crippen molar-refractivity contribution in [2.24, 2.45) is 5.92 Å². The molecule has 1 aliphatic heterocycles. The lowest BCUT2D eigenvalue weighted by Gasteiger charge is -2.32. The lowest BCUT2D eigenvalue weighted by molar-refractivity contribution is -0.137. The van der Waals surface area contributed by atoms with Gasteiger partial charge in [-0.1, -0.05) is 12.1 Å². The van der Waals surface area contributed by atoms with Gasteiger partial charge in [-0.3, -0.25) is 14.6 Å². The van der Waals surface area contributed by atoms with E-state index in [0.29, 0.717) is 24.8 Å². The van der Waals surface area contributed by atoms with Crippen LogP contribution in [0.4, 0.5) is 24.5 Å². The number of hydrogen-bond donors (Lipinski definition) is 2. The zero-order valence-corrected chi connectivity index (χ0v) is 20.9. The largest absolute Gasteiger partial charge is 0.497 e. The van der Waals surface area contributed by atoms with Crippen molar-refractivity contribution in [3.63, 3.8) is 0 Å². The lowest BCUT2D eigenvalue weighted by atomic mass is 9.96. The Hall–Kier alpha value is -4.08. The summed E-state index contributed by atoms with van der Waals surface area (Å²) < 4.78 is 47.4. The topological polar surface area (TPSA) is 83.6 Å². The maximum Gasteiger partial charge on any atom is 0.419 e. The van der Waals surface area contributed by atoms with Crippen LogP contribution in [0.3, 0.4) is 0 Å². The van der Waals surface area contributed by atoms with Crippen molar-refractivity contribution in [3.8, 4) is 5.75 Å². The molecule has 7 nitrogen and oxygen atoms in total. The number of ether oxygens (including phenoxy) is 1. The van der Waals surface area contributed by atoms with E-state index in [-0.39, 0.29) is 23.7 Å². The number of amides is 1. The van der Waals surface area contributed by atoms with Crippen LogP contribution in [0.1, 0.15) is 34.3 Å². The van der Waals surface area contributed by atoms with Gasteiger partial charge in [0.15, 0.2) is 5.78 Å². The molecule has 1 aliphatic rings. The Labute approximate surface area is 219 Å². The standard InChI is InChI=1S/C28H29F3N4O3/c1-38-22-7-5-20(6-8-22)27(37)23-3-2-4-24(26(23)28(29,30)31)34-18-25(36)35-15-11-19(12-16-35)17-33-21-9-13-32-14-10-21/h2-10,13-14,19,34H,11-12,15-18H2,1H3,(H,32,33). The number of nitrogens with zero attached hydrogens (tertiary/aromatic N) is 2. The van der Waals surface area contributed by atoms with Crippen molar-refractivity contribution >= 4 is 23.1 Å². The summed E-state index contributed by atoms with van der Waals surface area (Å²) in [6, 6.07) is 13.4. The SMILES string of the molecule is COc1ccc(C(=O)c2cccc(NCC(=O)N3CCC(CNc4ccncc4)CC3)c2C(F)(F)F)cc1. The second-order valence-electron chi connectivity index (χ2n) is 9.08. The van der Waals surface area contributed by atoms with Crippen LogP contribution in [0.5, 0.6) is 5.75 Å². The number of nitrogens with one attached hydrogen (secondary N) is 2. The number of piperidine rings is 1. The number of anilines is 2. The smallest absolute Gasteiger partial charge is 0.419 e. The van der Waals surface area contributed by atoms with Gasteiger partial charge in [-0.2, -0.15) is 13.2 Å². The Morgan fingerprint density at radius 3 is 2.32 bits per heavy atom. The summed E-state index contributed by atoms with van der Waals surface area (Å²) in [6.07, 6.45) is 0.216. The molecule has 0 saturated carbocycles. The van der Waals surface area contributed by atoms with Gasteiger partial charge in [0.05, 0.1) is 19.2 Å².